The minimum atomic E-state index is -0.233. The van der Waals surface area contributed by atoms with Gasteiger partial charge in [0, 0.05) is 18.8 Å². The Bertz CT molecular complexity index is 437. The molecule has 0 saturated heterocycles. The smallest absolute Gasteiger partial charge is 0.224 e. The van der Waals surface area contributed by atoms with E-state index in [4.69, 9.17) is 0 Å². The summed E-state index contributed by atoms with van der Waals surface area (Å²) in [5, 5.41) is 16.2. The van der Waals surface area contributed by atoms with Crippen LogP contribution in [-0.2, 0) is 0 Å². The molecule has 1 heterocycles. The summed E-state index contributed by atoms with van der Waals surface area (Å²) in [6, 6.07) is 1.93. The molecule has 0 spiro atoms. The molecule has 5 nitrogen and oxygen atoms in total. The number of aliphatic hydroxyl groups excluding tert-OH is 1. The molecular weight excluding hydrogens is 240 g/mol. The van der Waals surface area contributed by atoms with Crippen LogP contribution < -0.4 is 10.6 Å². The van der Waals surface area contributed by atoms with Gasteiger partial charge in [-0.25, -0.2) is 4.98 Å². The van der Waals surface area contributed by atoms with Crippen molar-refractivity contribution >= 4 is 11.8 Å². The van der Waals surface area contributed by atoms with E-state index in [0.717, 1.165) is 30.8 Å². The van der Waals surface area contributed by atoms with Crippen molar-refractivity contribution in [1.29, 1.82) is 0 Å². The lowest BCUT2D eigenvalue weighted by Gasteiger charge is -2.39. The van der Waals surface area contributed by atoms with Crippen LogP contribution in [0.5, 0.6) is 0 Å². The molecule has 106 valence electrons. The van der Waals surface area contributed by atoms with Gasteiger partial charge in [0.2, 0.25) is 5.95 Å². The molecule has 2 unspecified atom stereocenters. The average molecular weight is 264 g/mol. The van der Waals surface area contributed by atoms with E-state index < -0.39 is 0 Å². The zero-order valence-electron chi connectivity index (χ0n) is 12.0. The van der Waals surface area contributed by atoms with Crippen molar-refractivity contribution in [3.63, 3.8) is 0 Å². The number of aryl methyl sites for hydroxylation is 1. The van der Waals surface area contributed by atoms with E-state index in [1.54, 1.807) is 0 Å². The predicted octanol–water partition coefficient (Wildman–Crippen LogP) is 2.18. The number of hydrogen-bond acceptors (Lipinski definition) is 5. The Labute approximate surface area is 114 Å². The van der Waals surface area contributed by atoms with Gasteiger partial charge in [0.05, 0.1) is 12.1 Å². The average Bonchev–Trinajstić information content (AvgIpc) is 2.38. The molecule has 1 fully saturated rings. The molecule has 0 amide bonds. The molecule has 19 heavy (non-hydrogen) atoms. The minimum Gasteiger partial charge on any atom is -0.394 e. The maximum Gasteiger partial charge on any atom is 0.224 e. The summed E-state index contributed by atoms with van der Waals surface area (Å²) in [4.78, 5) is 8.70. The highest BCUT2D eigenvalue weighted by Crippen LogP contribution is 2.34. The highest BCUT2D eigenvalue weighted by Gasteiger charge is 2.34. The fraction of sp³-hybridized carbons (Fsp3) is 0.714. The van der Waals surface area contributed by atoms with Gasteiger partial charge in [-0.3, -0.25) is 0 Å². The van der Waals surface area contributed by atoms with Crippen LogP contribution in [0.1, 0.15) is 38.3 Å². The summed E-state index contributed by atoms with van der Waals surface area (Å²) < 4.78 is 0. The topological polar surface area (TPSA) is 70.1 Å². The largest absolute Gasteiger partial charge is 0.394 e. The Kier molecular flexibility index (Phi) is 4.24. The van der Waals surface area contributed by atoms with Crippen molar-refractivity contribution in [2.45, 2.75) is 45.1 Å². The summed E-state index contributed by atoms with van der Waals surface area (Å²) in [6.45, 7) is 4.34. The van der Waals surface area contributed by atoms with Gasteiger partial charge in [-0.05, 0) is 25.7 Å². The maximum atomic E-state index is 9.79. The molecule has 1 saturated carbocycles. The van der Waals surface area contributed by atoms with Crippen LogP contribution in [0.25, 0.3) is 0 Å². The highest BCUT2D eigenvalue weighted by atomic mass is 16.3. The van der Waals surface area contributed by atoms with E-state index >= 15 is 0 Å². The number of aromatic nitrogens is 2. The maximum absolute atomic E-state index is 9.79. The number of nitrogens with one attached hydrogen (secondary N) is 2. The van der Waals surface area contributed by atoms with Crippen LogP contribution in [0.4, 0.5) is 11.8 Å². The standard InChI is InChI=1S/C14H24N4O/c1-10-5-4-6-14(8-10,9-19)18-12-7-11(2)16-13(15-3)17-12/h7,10,19H,4-6,8-9H2,1-3H3,(H2,15,16,17,18). The Morgan fingerprint density at radius 2 is 2.26 bits per heavy atom. The van der Waals surface area contributed by atoms with E-state index in [1.165, 1.54) is 6.42 Å². The minimum absolute atomic E-state index is 0.148. The van der Waals surface area contributed by atoms with E-state index in [-0.39, 0.29) is 12.1 Å². The summed E-state index contributed by atoms with van der Waals surface area (Å²) in [5.74, 6) is 2.04. The van der Waals surface area contributed by atoms with Gasteiger partial charge in [-0.15, -0.1) is 0 Å². The molecule has 0 bridgehead atoms. The third-order valence-corrected chi connectivity index (χ3v) is 3.87. The normalized spacial score (nSPS) is 27.1. The molecule has 2 atom stereocenters. The monoisotopic (exact) mass is 264 g/mol. The lowest BCUT2D eigenvalue weighted by molar-refractivity contribution is 0.149. The second-order valence-electron chi connectivity index (χ2n) is 5.73. The van der Waals surface area contributed by atoms with Crippen LogP contribution >= 0.6 is 0 Å². The molecule has 0 radical (unpaired) electrons. The van der Waals surface area contributed by atoms with E-state index in [2.05, 4.69) is 27.5 Å². The number of rotatable bonds is 4. The quantitative estimate of drug-likeness (QED) is 0.777. The van der Waals surface area contributed by atoms with Crippen molar-refractivity contribution in [2.24, 2.45) is 5.92 Å². The van der Waals surface area contributed by atoms with Crippen LogP contribution in [-0.4, -0.2) is 34.3 Å². The fourth-order valence-electron chi connectivity index (χ4n) is 2.97. The molecule has 5 heteroatoms. The Balaban J connectivity index is 2.20. The lowest BCUT2D eigenvalue weighted by atomic mass is 9.77. The second kappa shape index (κ2) is 5.74. The molecule has 0 aromatic carbocycles. The van der Waals surface area contributed by atoms with Crippen molar-refractivity contribution < 1.29 is 5.11 Å². The van der Waals surface area contributed by atoms with Crippen molar-refractivity contribution in [2.75, 3.05) is 24.3 Å². The second-order valence-corrected chi connectivity index (χ2v) is 5.73. The SMILES string of the molecule is CNc1nc(C)cc(NC2(CO)CCCC(C)C2)n1. The van der Waals surface area contributed by atoms with E-state index in [1.807, 2.05) is 20.0 Å². The van der Waals surface area contributed by atoms with Gasteiger partial charge in [-0.1, -0.05) is 19.8 Å². The molecule has 2 rings (SSSR count). The summed E-state index contributed by atoms with van der Waals surface area (Å²) in [7, 11) is 1.81. The third kappa shape index (κ3) is 3.35. The Morgan fingerprint density at radius 3 is 2.89 bits per heavy atom. The van der Waals surface area contributed by atoms with Gasteiger partial charge in [0.25, 0.3) is 0 Å². The van der Waals surface area contributed by atoms with Crippen LogP contribution in [0.2, 0.25) is 0 Å². The number of nitrogens with zero attached hydrogens (tertiary/aromatic N) is 2. The number of anilines is 2. The van der Waals surface area contributed by atoms with Gasteiger partial charge in [-0.2, -0.15) is 4.98 Å². The zero-order valence-corrected chi connectivity index (χ0v) is 12.0. The summed E-state index contributed by atoms with van der Waals surface area (Å²) >= 11 is 0. The van der Waals surface area contributed by atoms with Crippen molar-refractivity contribution in [3.05, 3.63) is 11.8 Å². The molecule has 1 aliphatic carbocycles. The van der Waals surface area contributed by atoms with E-state index in [0.29, 0.717) is 11.9 Å². The molecule has 1 aliphatic rings. The zero-order chi connectivity index (χ0) is 13.9. The molecule has 1 aromatic heterocycles. The summed E-state index contributed by atoms with van der Waals surface area (Å²) in [5.41, 5.74) is 0.683. The summed E-state index contributed by atoms with van der Waals surface area (Å²) in [6.07, 6.45) is 4.37. The molecule has 1 aromatic rings. The van der Waals surface area contributed by atoms with Gasteiger partial charge in [0.1, 0.15) is 5.82 Å². The molecular formula is C14H24N4O. The van der Waals surface area contributed by atoms with Crippen LogP contribution in [0, 0.1) is 12.8 Å². The van der Waals surface area contributed by atoms with Crippen LogP contribution in [0.3, 0.4) is 0 Å². The predicted molar refractivity (Wildman–Crippen MR) is 77.4 cm³/mol. The number of aliphatic hydroxyl groups is 1. The van der Waals surface area contributed by atoms with Gasteiger partial charge >= 0.3 is 0 Å². The fourth-order valence-corrected chi connectivity index (χ4v) is 2.97. The van der Waals surface area contributed by atoms with E-state index in [9.17, 15) is 5.11 Å². The first-order chi connectivity index (χ1) is 9.07. The van der Waals surface area contributed by atoms with Crippen LogP contribution in [0.15, 0.2) is 6.07 Å². The van der Waals surface area contributed by atoms with Gasteiger partial charge < -0.3 is 15.7 Å². The lowest BCUT2D eigenvalue weighted by Crippen LogP contribution is -2.46. The first kappa shape index (κ1) is 14.1. The Morgan fingerprint density at radius 1 is 1.47 bits per heavy atom. The molecule has 3 N–H and O–H groups in total. The first-order valence-electron chi connectivity index (χ1n) is 6.99. The van der Waals surface area contributed by atoms with Crippen molar-refractivity contribution in [1.82, 2.24) is 9.97 Å². The van der Waals surface area contributed by atoms with Gasteiger partial charge in [0.15, 0.2) is 0 Å². The number of hydrogen-bond donors (Lipinski definition) is 3. The highest BCUT2D eigenvalue weighted by molar-refractivity contribution is 5.44. The van der Waals surface area contributed by atoms with Crippen molar-refractivity contribution in [3.8, 4) is 0 Å². The first-order valence-corrected chi connectivity index (χ1v) is 6.99. The molecule has 0 aliphatic heterocycles. The Hall–Kier alpha value is -1.36. The third-order valence-electron chi connectivity index (χ3n) is 3.87.